The monoisotopic (exact) mass is 172 g/mol. The zero-order chi connectivity index (χ0) is 7.98. The van der Waals surface area contributed by atoms with E-state index in [4.69, 9.17) is 5.11 Å². The van der Waals surface area contributed by atoms with Crippen molar-refractivity contribution in [3.05, 3.63) is 0 Å². The molecule has 0 saturated carbocycles. The highest BCUT2D eigenvalue weighted by Crippen LogP contribution is 1.84. The number of carboxylic acid groups (broad SMARTS) is 1. The number of carbonyl (C=O) groups is 2. The summed E-state index contributed by atoms with van der Waals surface area (Å²) in [7, 11) is 0. The molecule has 0 aromatic heterocycles. The second-order valence-corrected chi connectivity index (χ2v) is 1.98. The second-order valence-electron chi connectivity index (χ2n) is 1.98. The molecule has 3 radical (unpaired) electrons. The van der Waals surface area contributed by atoms with Crippen LogP contribution in [0.25, 0.3) is 0 Å². The summed E-state index contributed by atoms with van der Waals surface area (Å²) in [5.74, 6) is -0.948. The first-order valence-electron chi connectivity index (χ1n) is 3.09. The highest BCUT2D eigenvalue weighted by molar-refractivity contribution is 5.75. The van der Waals surface area contributed by atoms with Crippen molar-refractivity contribution in [2.24, 2.45) is 0 Å². The Kier molecular flexibility index (Phi) is 14.3. The van der Waals surface area contributed by atoms with Crippen LogP contribution >= 0.6 is 0 Å². The first-order chi connectivity index (χ1) is 4.63. The van der Waals surface area contributed by atoms with Crippen LogP contribution < -0.4 is 5.32 Å². The van der Waals surface area contributed by atoms with E-state index in [1.165, 1.54) is 6.92 Å². The molecule has 0 saturated heterocycles. The van der Waals surface area contributed by atoms with E-state index in [1.54, 1.807) is 0 Å². The van der Waals surface area contributed by atoms with Gasteiger partial charge in [-0.2, -0.15) is 0 Å². The topological polar surface area (TPSA) is 66.4 Å². The van der Waals surface area contributed by atoms with E-state index < -0.39 is 5.97 Å². The summed E-state index contributed by atoms with van der Waals surface area (Å²) in [4.78, 5) is 20.2. The smallest absolute Gasteiger partial charge is 0.303 e. The van der Waals surface area contributed by atoms with Gasteiger partial charge < -0.3 is 10.4 Å². The van der Waals surface area contributed by atoms with Gasteiger partial charge in [0.05, 0.1) is 0 Å². The van der Waals surface area contributed by atoms with E-state index in [1.807, 2.05) is 0 Å². The Morgan fingerprint density at radius 1 is 1.42 bits per heavy atom. The van der Waals surface area contributed by atoms with Crippen molar-refractivity contribution in [1.82, 2.24) is 5.32 Å². The summed E-state index contributed by atoms with van der Waals surface area (Å²) in [6.45, 7) is 1.85. The van der Waals surface area contributed by atoms with E-state index in [0.717, 1.165) is 0 Å². The maximum Gasteiger partial charge on any atom is 0.303 e. The summed E-state index contributed by atoms with van der Waals surface area (Å²) in [5.41, 5.74) is 0. The van der Waals surface area contributed by atoms with Crippen LogP contribution in [0.1, 0.15) is 27.2 Å². The van der Waals surface area contributed by atoms with Gasteiger partial charge >= 0.3 is 5.97 Å². The lowest BCUT2D eigenvalue weighted by Gasteiger charge is -1.97. The number of hydrogen-bond donors (Lipinski definition) is 2. The Hall–Kier alpha value is -0.995. The standard InChI is InChI=1S/C6H11NO3.CH4.B/c1-5(8)7-4-2-3-6(9)10;;/h2-4H2,1H3,(H,7,8)(H,9,10);1H4;. The summed E-state index contributed by atoms with van der Waals surface area (Å²) in [6, 6.07) is 0. The van der Waals surface area contributed by atoms with E-state index in [0.29, 0.717) is 13.0 Å². The molecule has 0 rings (SSSR count). The molecule has 2 N–H and O–H groups in total. The lowest BCUT2D eigenvalue weighted by Crippen LogP contribution is -2.21. The number of nitrogens with one attached hydrogen (secondary N) is 1. The van der Waals surface area contributed by atoms with Gasteiger partial charge in [-0.05, 0) is 6.42 Å². The van der Waals surface area contributed by atoms with Gasteiger partial charge in [-0.25, -0.2) is 0 Å². The molecular weight excluding hydrogens is 157 g/mol. The van der Waals surface area contributed by atoms with Crippen LogP contribution in [0.15, 0.2) is 0 Å². The van der Waals surface area contributed by atoms with Gasteiger partial charge in [-0.3, -0.25) is 9.59 Å². The normalized spacial score (nSPS) is 7.42. The zero-order valence-electron chi connectivity index (χ0n) is 6.46. The number of aliphatic carboxylic acids is 1. The van der Waals surface area contributed by atoms with Crippen LogP contribution in [0.4, 0.5) is 0 Å². The molecule has 0 aliphatic rings. The van der Waals surface area contributed by atoms with Gasteiger partial charge in [-0.15, -0.1) is 0 Å². The number of amides is 1. The fraction of sp³-hybridized carbons (Fsp3) is 0.714. The van der Waals surface area contributed by atoms with Crippen molar-refractivity contribution >= 4 is 20.3 Å². The highest BCUT2D eigenvalue weighted by Gasteiger charge is 1.95. The van der Waals surface area contributed by atoms with Crippen molar-refractivity contribution in [2.45, 2.75) is 27.2 Å². The quantitative estimate of drug-likeness (QED) is 0.471. The molecule has 5 heteroatoms. The third-order valence-electron chi connectivity index (χ3n) is 0.941. The molecule has 1 amide bonds. The average molecular weight is 172 g/mol. The van der Waals surface area contributed by atoms with Crippen LogP contribution in [0.5, 0.6) is 0 Å². The molecule has 0 fully saturated rings. The number of carboxylic acids is 1. The Labute approximate surface area is 74.9 Å². The van der Waals surface area contributed by atoms with Crippen molar-refractivity contribution in [3.8, 4) is 0 Å². The van der Waals surface area contributed by atoms with Gasteiger partial charge in [0.25, 0.3) is 0 Å². The van der Waals surface area contributed by atoms with Gasteiger partial charge in [0.1, 0.15) is 0 Å². The molecule has 0 aromatic rings. The van der Waals surface area contributed by atoms with E-state index >= 15 is 0 Å². The molecule has 0 unspecified atom stereocenters. The van der Waals surface area contributed by atoms with E-state index in [2.05, 4.69) is 5.32 Å². The van der Waals surface area contributed by atoms with Gasteiger partial charge in [0.2, 0.25) is 5.91 Å². The summed E-state index contributed by atoms with van der Waals surface area (Å²) in [6.07, 6.45) is 0.606. The van der Waals surface area contributed by atoms with Crippen molar-refractivity contribution in [3.63, 3.8) is 0 Å². The second kappa shape index (κ2) is 10.0. The van der Waals surface area contributed by atoms with Crippen LogP contribution in [-0.2, 0) is 9.59 Å². The number of carbonyl (C=O) groups excluding carboxylic acids is 1. The molecule has 0 aromatic carbocycles. The van der Waals surface area contributed by atoms with E-state index in [-0.39, 0.29) is 28.2 Å². The van der Waals surface area contributed by atoms with Crippen molar-refractivity contribution in [2.75, 3.05) is 6.54 Å². The third-order valence-corrected chi connectivity index (χ3v) is 0.941. The molecule has 0 aliphatic carbocycles. The van der Waals surface area contributed by atoms with Crippen LogP contribution in [0, 0.1) is 0 Å². The first-order valence-corrected chi connectivity index (χ1v) is 3.09. The van der Waals surface area contributed by atoms with Crippen LogP contribution in [0.3, 0.4) is 0 Å². The largest absolute Gasteiger partial charge is 0.481 e. The number of rotatable bonds is 4. The zero-order valence-corrected chi connectivity index (χ0v) is 6.46. The van der Waals surface area contributed by atoms with Crippen molar-refractivity contribution < 1.29 is 14.7 Å². The van der Waals surface area contributed by atoms with Crippen LogP contribution in [0.2, 0.25) is 0 Å². The minimum atomic E-state index is -0.828. The SMILES string of the molecule is C.CC(=O)NCCCC(=O)O.[B]. The average Bonchev–Trinajstić information content (AvgIpc) is 1.79. The molecule has 0 aliphatic heterocycles. The minimum Gasteiger partial charge on any atom is -0.481 e. The molecular formula is C7H15BNO3. The molecule has 0 spiro atoms. The summed E-state index contributed by atoms with van der Waals surface area (Å²) < 4.78 is 0. The van der Waals surface area contributed by atoms with Gasteiger partial charge in [0, 0.05) is 28.3 Å². The Morgan fingerprint density at radius 3 is 2.25 bits per heavy atom. The highest BCUT2D eigenvalue weighted by atomic mass is 16.4. The fourth-order valence-corrected chi connectivity index (χ4v) is 0.504. The molecule has 4 nitrogen and oxygen atoms in total. The lowest BCUT2D eigenvalue weighted by molar-refractivity contribution is -0.137. The van der Waals surface area contributed by atoms with E-state index in [9.17, 15) is 9.59 Å². The molecule has 12 heavy (non-hydrogen) atoms. The maximum atomic E-state index is 10.2. The third kappa shape index (κ3) is 16.0. The lowest BCUT2D eigenvalue weighted by atomic mass is 10.3. The molecule has 69 valence electrons. The minimum absolute atomic E-state index is 0. The Balaban J connectivity index is -0.000000405. The molecule has 0 atom stereocenters. The van der Waals surface area contributed by atoms with Crippen LogP contribution in [-0.4, -0.2) is 31.9 Å². The maximum absolute atomic E-state index is 10.2. The Bertz CT molecular complexity index is 123. The first kappa shape index (κ1) is 17.2. The number of hydrogen-bond acceptors (Lipinski definition) is 2. The van der Waals surface area contributed by atoms with Gasteiger partial charge in [0.15, 0.2) is 0 Å². The summed E-state index contributed by atoms with van der Waals surface area (Å²) >= 11 is 0. The predicted molar refractivity (Wildman–Crippen MR) is 48.0 cm³/mol. The van der Waals surface area contributed by atoms with Crippen molar-refractivity contribution in [1.29, 1.82) is 0 Å². The molecule has 0 heterocycles. The Morgan fingerprint density at radius 2 is 1.92 bits per heavy atom. The fourth-order valence-electron chi connectivity index (χ4n) is 0.504. The summed E-state index contributed by atoms with van der Waals surface area (Å²) in [5, 5.41) is 10.7. The molecule has 0 bridgehead atoms. The van der Waals surface area contributed by atoms with Gasteiger partial charge in [-0.1, -0.05) is 7.43 Å². The predicted octanol–water partition coefficient (Wildman–Crippen LogP) is 0.243.